The zero-order valence-corrected chi connectivity index (χ0v) is 10.3. The number of nitriles is 1. The van der Waals surface area contributed by atoms with Crippen LogP contribution in [0.4, 0.5) is 0 Å². The monoisotopic (exact) mass is 249 g/mol. The van der Waals surface area contributed by atoms with E-state index in [4.69, 9.17) is 19.8 Å². The summed E-state index contributed by atoms with van der Waals surface area (Å²) in [7, 11) is 1.44. The summed E-state index contributed by atoms with van der Waals surface area (Å²) < 4.78 is 10.5. The number of hydrogen-bond acceptors (Lipinski definition) is 4. The van der Waals surface area contributed by atoms with Crippen LogP contribution in [-0.4, -0.2) is 24.3 Å². The fraction of sp³-hybridized carbons (Fsp3) is 0.385. The van der Waals surface area contributed by atoms with E-state index in [1.807, 2.05) is 13.0 Å². The molecular formula is C13H15NO4. The summed E-state index contributed by atoms with van der Waals surface area (Å²) in [4.78, 5) is 11.0. The third kappa shape index (κ3) is 3.39. The van der Waals surface area contributed by atoms with Crippen LogP contribution in [0.5, 0.6) is 11.5 Å². The molecule has 96 valence electrons. The molecule has 1 unspecified atom stereocenters. The second kappa shape index (κ2) is 6.50. The fourth-order valence-electron chi connectivity index (χ4n) is 1.48. The van der Waals surface area contributed by atoms with Crippen molar-refractivity contribution in [1.29, 1.82) is 5.26 Å². The quantitative estimate of drug-likeness (QED) is 0.836. The largest absolute Gasteiger partial charge is 0.493 e. The Hall–Kier alpha value is -2.22. The average molecular weight is 249 g/mol. The first kappa shape index (κ1) is 13.8. The Bertz CT molecular complexity index is 465. The van der Waals surface area contributed by atoms with E-state index >= 15 is 0 Å². The molecule has 0 aliphatic rings. The molecule has 0 saturated heterocycles. The van der Waals surface area contributed by atoms with Gasteiger partial charge in [0.25, 0.3) is 0 Å². The van der Waals surface area contributed by atoms with Crippen molar-refractivity contribution in [3.8, 4) is 17.6 Å². The molecule has 1 aromatic carbocycles. The summed E-state index contributed by atoms with van der Waals surface area (Å²) in [5, 5.41) is 17.8. The van der Waals surface area contributed by atoms with Gasteiger partial charge in [0.05, 0.1) is 18.7 Å². The smallest absolute Gasteiger partial charge is 0.344 e. The van der Waals surface area contributed by atoms with Crippen molar-refractivity contribution >= 4 is 5.97 Å². The van der Waals surface area contributed by atoms with Crippen LogP contribution in [-0.2, 0) is 4.79 Å². The predicted molar refractivity (Wildman–Crippen MR) is 64.7 cm³/mol. The lowest BCUT2D eigenvalue weighted by atomic mass is 10.2. The van der Waals surface area contributed by atoms with Gasteiger partial charge in [0, 0.05) is 6.07 Å². The van der Waals surface area contributed by atoms with Crippen LogP contribution < -0.4 is 9.47 Å². The molecule has 0 aromatic heterocycles. The molecule has 5 heteroatoms. The van der Waals surface area contributed by atoms with Crippen molar-refractivity contribution in [3.05, 3.63) is 23.8 Å². The van der Waals surface area contributed by atoms with Gasteiger partial charge in [0.15, 0.2) is 17.6 Å². The van der Waals surface area contributed by atoms with Gasteiger partial charge in [0.1, 0.15) is 0 Å². The van der Waals surface area contributed by atoms with Crippen LogP contribution >= 0.6 is 0 Å². The fourth-order valence-corrected chi connectivity index (χ4v) is 1.48. The average Bonchev–Trinajstić information content (AvgIpc) is 2.38. The number of carboxylic acids is 1. The molecule has 0 radical (unpaired) electrons. The van der Waals surface area contributed by atoms with E-state index in [0.717, 1.165) is 0 Å². The van der Waals surface area contributed by atoms with Gasteiger partial charge in [-0.2, -0.15) is 5.26 Å². The van der Waals surface area contributed by atoms with E-state index in [1.54, 1.807) is 12.1 Å². The van der Waals surface area contributed by atoms with Gasteiger partial charge < -0.3 is 14.6 Å². The topological polar surface area (TPSA) is 79.5 Å². The lowest BCUT2D eigenvalue weighted by molar-refractivity contribution is -0.145. The summed E-state index contributed by atoms with van der Waals surface area (Å²) in [6.07, 6.45) is 0.213. The number of ether oxygens (including phenoxy) is 2. The van der Waals surface area contributed by atoms with Gasteiger partial charge in [-0.3, -0.25) is 0 Å². The van der Waals surface area contributed by atoms with E-state index in [1.165, 1.54) is 13.2 Å². The summed E-state index contributed by atoms with van der Waals surface area (Å²) in [6, 6.07) is 6.60. The molecule has 1 rings (SSSR count). The van der Waals surface area contributed by atoms with Crippen LogP contribution in [0, 0.1) is 11.3 Å². The van der Waals surface area contributed by atoms with E-state index in [9.17, 15) is 4.79 Å². The lowest BCUT2D eigenvalue weighted by Crippen LogP contribution is -2.26. The first-order valence-electron chi connectivity index (χ1n) is 5.60. The summed E-state index contributed by atoms with van der Waals surface area (Å²) in [6.45, 7) is 1.88. The Morgan fingerprint density at radius 1 is 1.50 bits per heavy atom. The molecule has 0 saturated carbocycles. The van der Waals surface area contributed by atoms with Crippen molar-refractivity contribution < 1.29 is 19.4 Å². The third-order valence-corrected chi connectivity index (χ3v) is 2.39. The number of hydrogen-bond donors (Lipinski definition) is 1. The zero-order valence-electron chi connectivity index (χ0n) is 10.3. The molecule has 0 aliphatic heterocycles. The van der Waals surface area contributed by atoms with E-state index < -0.39 is 12.1 Å². The molecule has 0 fully saturated rings. The van der Waals surface area contributed by atoms with Crippen molar-refractivity contribution in [2.24, 2.45) is 0 Å². The molecule has 1 aromatic rings. The molecule has 0 heterocycles. The molecule has 0 bridgehead atoms. The highest BCUT2D eigenvalue weighted by molar-refractivity contribution is 5.72. The number of benzene rings is 1. The number of carboxylic acid groups (broad SMARTS) is 1. The van der Waals surface area contributed by atoms with Crippen LogP contribution in [0.3, 0.4) is 0 Å². The lowest BCUT2D eigenvalue weighted by Gasteiger charge is -2.16. The summed E-state index contributed by atoms with van der Waals surface area (Å²) >= 11 is 0. The van der Waals surface area contributed by atoms with Crippen LogP contribution in [0.2, 0.25) is 0 Å². The highest BCUT2D eigenvalue weighted by Gasteiger charge is 2.20. The highest BCUT2D eigenvalue weighted by atomic mass is 16.5. The molecule has 1 N–H and O–H groups in total. The van der Waals surface area contributed by atoms with Crippen molar-refractivity contribution in [2.75, 3.05) is 7.11 Å². The molecule has 0 spiro atoms. The van der Waals surface area contributed by atoms with Crippen molar-refractivity contribution in [1.82, 2.24) is 0 Å². The SMILES string of the molecule is CCCC(Oc1ccc(C#N)cc1OC)C(=O)O. The number of nitrogens with zero attached hydrogens (tertiary/aromatic N) is 1. The molecular weight excluding hydrogens is 234 g/mol. The summed E-state index contributed by atoms with van der Waals surface area (Å²) in [5.74, 6) is -0.322. The van der Waals surface area contributed by atoms with E-state index in [-0.39, 0.29) is 0 Å². The predicted octanol–water partition coefficient (Wildman–Crippen LogP) is 2.20. The minimum Gasteiger partial charge on any atom is -0.493 e. The minimum absolute atomic E-state index is 0.331. The normalized spacial score (nSPS) is 11.4. The van der Waals surface area contributed by atoms with Crippen LogP contribution in [0.15, 0.2) is 18.2 Å². The van der Waals surface area contributed by atoms with Gasteiger partial charge in [-0.25, -0.2) is 4.79 Å². The molecule has 5 nitrogen and oxygen atoms in total. The Morgan fingerprint density at radius 2 is 2.22 bits per heavy atom. The second-order valence-corrected chi connectivity index (χ2v) is 3.71. The van der Waals surface area contributed by atoms with Crippen LogP contribution in [0.25, 0.3) is 0 Å². The van der Waals surface area contributed by atoms with Gasteiger partial charge in [0.2, 0.25) is 0 Å². The Kier molecular flexibility index (Phi) is 5.00. The highest BCUT2D eigenvalue weighted by Crippen LogP contribution is 2.29. The van der Waals surface area contributed by atoms with E-state index in [2.05, 4.69) is 0 Å². The van der Waals surface area contributed by atoms with E-state index in [0.29, 0.717) is 29.9 Å². The standard InChI is InChI=1S/C13H15NO4/c1-3-4-11(13(15)16)18-10-6-5-9(8-14)7-12(10)17-2/h5-7,11H,3-4H2,1-2H3,(H,15,16). The maximum absolute atomic E-state index is 11.0. The Labute approximate surface area is 106 Å². The molecule has 0 amide bonds. The third-order valence-electron chi connectivity index (χ3n) is 2.39. The van der Waals surface area contributed by atoms with Crippen LogP contribution in [0.1, 0.15) is 25.3 Å². The summed E-state index contributed by atoms with van der Waals surface area (Å²) in [5.41, 5.74) is 0.432. The molecule has 18 heavy (non-hydrogen) atoms. The Balaban J connectivity index is 2.95. The molecule has 0 aliphatic carbocycles. The first-order valence-corrected chi connectivity index (χ1v) is 5.60. The Morgan fingerprint density at radius 3 is 2.72 bits per heavy atom. The second-order valence-electron chi connectivity index (χ2n) is 3.71. The van der Waals surface area contributed by atoms with Gasteiger partial charge in [-0.05, 0) is 18.6 Å². The number of rotatable bonds is 6. The maximum Gasteiger partial charge on any atom is 0.344 e. The zero-order chi connectivity index (χ0) is 13.5. The van der Waals surface area contributed by atoms with Crippen molar-refractivity contribution in [2.45, 2.75) is 25.9 Å². The van der Waals surface area contributed by atoms with Gasteiger partial charge >= 0.3 is 5.97 Å². The number of carbonyl (C=O) groups is 1. The van der Waals surface area contributed by atoms with Crippen molar-refractivity contribution in [3.63, 3.8) is 0 Å². The number of methoxy groups -OCH3 is 1. The first-order chi connectivity index (χ1) is 8.62. The maximum atomic E-state index is 11.0. The van der Waals surface area contributed by atoms with Gasteiger partial charge in [-0.1, -0.05) is 13.3 Å². The number of aliphatic carboxylic acids is 1. The minimum atomic E-state index is -1.01. The molecule has 1 atom stereocenters. The van der Waals surface area contributed by atoms with Gasteiger partial charge in [-0.15, -0.1) is 0 Å².